The topological polar surface area (TPSA) is 53.0 Å². The first-order valence-corrected chi connectivity index (χ1v) is 9.82. The largest absolute Gasteiger partial charge is 0.490 e. The molecule has 27 heavy (non-hydrogen) atoms. The van der Waals surface area contributed by atoms with E-state index >= 15 is 0 Å². The molecule has 1 fully saturated rings. The summed E-state index contributed by atoms with van der Waals surface area (Å²) in [5.41, 5.74) is 1.04. The predicted molar refractivity (Wildman–Crippen MR) is 124 cm³/mol. The maximum atomic E-state index is 6.07. The molecule has 0 unspecified atom stereocenters. The number of para-hydroxylation sites is 1. The van der Waals surface area contributed by atoms with Crippen LogP contribution in [0.15, 0.2) is 40.7 Å². The molecule has 0 saturated carbocycles. The lowest BCUT2D eigenvalue weighted by molar-refractivity contribution is 0.129. The number of ether oxygens (including phenoxy) is 1. The number of benzene rings is 1. The van der Waals surface area contributed by atoms with E-state index in [0.29, 0.717) is 6.54 Å². The van der Waals surface area contributed by atoms with E-state index in [0.717, 1.165) is 48.5 Å². The van der Waals surface area contributed by atoms with Crippen molar-refractivity contribution in [1.82, 2.24) is 15.2 Å². The summed E-state index contributed by atoms with van der Waals surface area (Å²) in [5.74, 6) is 1.89. The van der Waals surface area contributed by atoms with Crippen molar-refractivity contribution in [3.05, 3.63) is 41.4 Å². The number of halogens is 1. The van der Waals surface area contributed by atoms with Gasteiger partial charge in [0.2, 0.25) is 0 Å². The maximum absolute atomic E-state index is 6.07. The molecule has 8 heteroatoms. The third-order valence-electron chi connectivity index (χ3n) is 4.35. The van der Waals surface area contributed by atoms with Gasteiger partial charge < -0.3 is 19.9 Å². The fourth-order valence-corrected chi connectivity index (χ4v) is 3.72. The van der Waals surface area contributed by atoms with E-state index in [4.69, 9.17) is 4.74 Å². The number of thiazole rings is 1. The first-order chi connectivity index (χ1) is 12.7. The third-order valence-corrected chi connectivity index (χ3v) is 5.41. The average Bonchev–Trinajstić information content (AvgIpc) is 3.14. The lowest BCUT2D eigenvalue weighted by Crippen LogP contribution is -2.47. The van der Waals surface area contributed by atoms with Crippen LogP contribution < -0.4 is 15.0 Å². The SMILES string of the molecule is CN=C(NCc1csc(N(C)C)n1)N1CCC(Oc2ccccc2)CC1.I. The number of aromatic nitrogens is 1. The Kier molecular flexibility index (Phi) is 8.62. The Balaban J connectivity index is 0.00000261. The Bertz CT molecular complexity index is 714. The fourth-order valence-electron chi connectivity index (χ4n) is 2.96. The molecule has 2 aromatic rings. The molecule has 0 aliphatic carbocycles. The summed E-state index contributed by atoms with van der Waals surface area (Å²) in [4.78, 5) is 13.4. The van der Waals surface area contributed by atoms with E-state index < -0.39 is 0 Å². The highest BCUT2D eigenvalue weighted by Crippen LogP contribution is 2.20. The van der Waals surface area contributed by atoms with Crippen molar-refractivity contribution >= 4 is 46.4 Å². The zero-order chi connectivity index (χ0) is 18.4. The molecule has 0 amide bonds. The van der Waals surface area contributed by atoms with Gasteiger partial charge in [-0.15, -0.1) is 35.3 Å². The lowest BCUT2D eigenvalue weighted by atomic mass is 10.1. The lowest BCUT2D eigenvalue weighted by Gasteiger charge is -2.34. The van der Waals surface area contributed by atoms with Crippen LogP contribution in [0.4, 0.5) is 5.13 Å². The number of nitrogens with zero attached hydrogens (tertiary/aromatic N) is 4. The van der Waals surface area contributed by atoms with E-state index in [-0.39, 0.29) is 30.1 Å². The molecule has 1 saturated heterocycles. The third kappa shape index (κ3) is 6.24. The Morgan fingerprint density at radius 3 is 2.59 bits per heavy atom. The Morgan fingerprint density at radius 2 is 2.00 bits per heavy atom. The highest BCUT2D eigenvalue weighted by molar-refractivity contribution is 14.0. The smallest absolute Gasteiger partial charge is 0.193 e. The number of guanidine groups is 1. The molecule has 2 heterocycles. The highest BCUT2D eigenvalue weighted by atomic mass is 127. The number of anilines is 1. The predicted octanol–water partition coefficient (Wildman–Crippen LogP) is 3.45. The number of hydrogen-bond acceptors (Lipinski definition) is 5. The van der Waals surface area contributed by atoms with Crippen LogP contribution in [0.3, 0.4) is 0 Å². The van der Waals surface area contributed by atoms with Crippen LogP contribution in [0.5, 0.6) is 5.75 Å². The zero-order valence-electron chi connectivity index (χ0n) is 16.1. The van der Waals surface area contributed by atoms with Crippen LogP contribution in [0, 0.1) is 0 Å². The van der Waals surface area contributed by atoms with Crippen LogP contribution in [0.1, 0.15) is 18.5 Å². The minimum Gasteiger partial charge on any atom is -0.490 e. The number of rotatable bonds is 5. The quantitative estimate of drug-likeness (QED) is 0.387. The van der Waals surface area contributed by atoms with Gasteiger partial charge in [-0.1, -0.05) is 18.2 Å². The van der Waals surface area contributed by atoms with Gasteiger partial charge in [0.15, 0.2) is 11.1 Å². The van der Waals surface area contributed by atoms with Gasteiger partial charge in [0.05, 0.1) is 12.2 Å². The van der Waals surface area contributed by atoms with Gasteiger partial charge in [0, 0.05) is 52.5 Å². The second-order valence-electron chi connectivity index (χ2n) is 6.53. The van der Waals surface area contributed by atoms with Crippen molar-refractivity contribution in [2.24, 2.45) is 4.99 Å². The van der Waals surface area contributed by atoms with Crippen LogP contribution in [-0.2, 0) is 6.54 Å². The van der Waals surface area contributed by atoms with Gasteiger partial charge in [0.1, 0.15) is 11.9 Å². The monoisotopic (exact) mass is 501 g/mol. The summed E-state index contributed by atoms with van der Waals surface area (Å²) in [7, 11) is 5.86. The maximum Gasteiger partial charge on any atom is 0.193 e. The molecule has 1 N–H and O–H groups in total. The average molecular weight is 501 g/mol. The molecule has 1 aromatic carbocycles. The van der Waals surface area contributed by atoms with E-state index in [9.17, 15) is 0 Å². The molecule has 6 nitrogen and oxygen atoms in total. The molecule has 0 spiro atoms. The van der Waals surface area contributed by atoms with Gasteiger partial charge in [-0.3, -0.25) is 4.99 Å². The Labute approximate surface area is 182 Å². The van der Waals surface area contributed by atoms with E-state index in [2.05, 4.69) is 25.6 Å². The summed E-state index contributed by atoms with van der Waals surface area (Å²) in [6.07, 6.45) is 2.27. The van der Waals surface area contributed by atoms with Crippen molar-refractivity contribution in [1.29, 1.82) is 0 Å². The van der Waals surface area contributed by atoms with E-state index in [1.54, 1.807) is 11.3 Å². The molecule has 1 aromatic heterocycles. The summed E-state index contributed by atoms with van der Waals surface area (Å²) < 4.78 is 6.07. The summed E-state index contributed by atoms with van der Waals surface area (Å²) in [6.45, 7) is 2.58. The van der Waals surface area contributed by atoms with Crippen LogP contribution >= 0.6 is 35.3 Å². The Morgan fingerprint density at radius 1 is 1.30 bits per heavy atom. The van der Waals surface area contributed by atoms with Crippen LogP contribution in [0.25, 0.3) is 0 Å². The molecule has 0 bridgehead atoms. The summed E-state index contributed by atoms with van der Waals surface area (Å²) in [5, 5.41) is 6.55. The van der Waals surface area contributed by atoms with Crippen LogP contribution in [0.2, 0.25) is 0 Å². The molecule has 3 rings (SSSR count). The van der Waals surface area contributed by atoms with E-state index in [1.165, 1.54) is 0 Å². The van der Waals surface area contributed by atoms with E-state index in [1.807, 2.05) is 56.4 Å². The zero-order valence-corrected chi connectivity index (χ0v) is 19.2. The second kappa shape index (κ2) is 10.7. The molecule has 0 atom stereocenters. The Hall–Kier alpha value is -1.55. The van der Waals surface area contributed by atoms with Crippen LogP contribution in [-0.4, -0.2) is 56.2 Å². The number of hydrogen-bond donors (Lipinski definition) is 1. The summed E-state index contributed by atoms with van der Waals surface area (Å²) >= 11 is 1.66. The summed E-state index contributed by atoms with van der Waals surface area (Å²) in [6, 6.07) is 10.1. The first-order valence-electron chi connectivity index (χ1n) is 8.94. The minimum atomic E-state index is 0. The minimum absolute atomic E-state index is 0. The van der Waals surface area contributed by atoms with Crippen molar-refractivity contribution in [3.8, 4) is 5.75 Å². The first kappa shape index (κ1) is 21.7. The van der Waals surface area contributed by atoms with Gasteiger partial charge in [0.25, 0.3) is 0 Å². The standard InChI is InChI=1S/C19H27N5OS.HI/c1-20-18(21-13-15-14-26-19(22-15)23(2)3)24-11-9-17(10-12-24)25-16-7-5-4-6-8-16;/h4-8,14,17H,9-13H2,1-3H3,(H,20,21);1H. The number of aliphatic imine (C=N–C) groups is 1. The van der Waals surface area contributed by atoms with Crippen molar-refractivity contribution < 1.29 is 4.74 Å². The van der Waals surface area contributed by atoms with Gasteiger partial charge in [-0.25, -0.2) is 4.98 Å². The molecular weight excluding hydrogens is 473 g/mol. The van der Waals surface area contributed by atoms with Gasteiger partial charge in [-0.2, -0.15) is 0 Å². The number of nitrogens with one attached hydrogen (secondary N) is 1. The van der Waals surface area contributed by atoms with Crippen molar-refractivity contribution in [2.45, 2.75) is 25.5 Å². The second-order valence-corrected chi connectivity index (χ2v) is 7.37. The molecule has 1 aliphatic heterocycles. The molecule has 1 aliphatic rings. The van der Waals surface area contributed by atoms with Crippen molar-refractivity contribution in [3.63, 3.8) is 0 Å². The highest BCUT2D eigenvalue weighted by Gasteiger charge is 2.22. The molecule has 148 valence electrons. The van der Waals surface area contributed by atoms with Gasteiger partial charge >= 0.3 is 0 Å². The van der Waals surface area contributed by atoms with Gasteiger partial charge in [-0.05, 0) is 12.1 Å². The normalized spacial score (nSPS) is 15.2. The molecular formula is C19H28IN5OS. The fraction of sp³-hybridized carbons (Fsp3) is 0.474. The number of piperidine rings is 1. The van der Waals surface area contributed by atoms with Crippen molar-refractivity contribution in [2.75, 3.05) is 39.1 Å². The number of likely N-dealkylation sites (tertiary alicyclic amines) is 1. The molecule has 0 radical (unpaired) electrons.